The lowest BCUT2D eigenvalue weighted by atomic mass is 10.0. The average Bonchev–Trinajstić information content (AvgIpc) is 3.23. The summed E-state index contributed by atoms with van der Waals surface area (Å²) in [7, 11) is 3.55. The summed E-state index contributed by atoms with van der Waals surface area (Å²) in [5.74, 6) is 2.33. The molecule has 7 rings (SSSR count). The monoisotopic (exact) mass is 783 g/mol. The van der Waals surface area contributed by atoms with E-state index >= 15 is 0 Å². The number of carbonyl (C=O) groups excluding carboxylic acids is 2. The highest BCUT2D eigenvalue weighted by Crippen LogP contribution is 2.34. The van der Waals surface area contributed by atoms with E-state index in [-0.39, 0.29) is 18.2 Å². The lowest BCUT2D eigenvalue weighted by Gasteiger charge is -2.43. The van der Waals surface area contributed by atoms with E-state index in [4.69, 9.17) is 25.8 Å². The summed E-state index contributed by atoms with van der Waals surface area (Å²) in [6, 6.07) is 22.0. The third-order valence-corrected chi connectivity index (χ3v) is 10.8. The molecular formula is C41H50ClN9O5. The van der Waals surface area contributed by atoms with Crippen LogP contribution in [-0.2, 0) is 9.59 Å². The van der Waals surface area contributed by atoms with Crippen molar-refractivity contribution in [2.24, 2.45) is 0 Å². The highest BCUT2D eigenvalue weighted by Gasteiger charge is 2.29. The van der Waals surface area contributed by atoms with Crippen LogP contribution in [0.15, 0.2) is 72.9 Å². The van der Waals surface area contributed by atoms with Crippen LogP contribution in [0.3, 0.4) is 0 Å². The van der Waals surface area contributed by atoms with Gasteiger partial charge in [-0.3, -0.25) is 19.8 Å². The van der Waals surface area contributed by atoms with Crippen molar-refractivity contribution < 1.29 is 23.8 Å². The van der Waals surface area contributed by atoms with Crippen LogP contribution >= 0.6 is 11.6 Å². The van der Waals surface area contributed by atoms with Gasteiger partial charge in [-0.05, 0) is 67.8 Å². The van der Waals surface area contributed by atoms with Gasteiger partial charge in [0.05, 0.1) is 37.0 Å². The number of para-hydroxylation sites is 2. The number of imide groups is 1. The standard InChI is InChI=1S/C41H50ClN9O5/c1-43-33-6-3-4-7-34(33)45-39-32(42)27-44-41(48-39)46-35-13-8-29(26-37(35)54-2)50-19-16-28(17-20-50)51-23-21-49(22-24-51)18-5-25-55-30-9-11-31(12-10-30)56-36-14-15-38(52)47-40(36)53/h3-4,6-13,26-28,36,43H,5,14-25H2,1-2H3,(H,47,52,53)(H2,44,45,46,48). The van der Waals surface area contributed by atoms with Crippen molar-refractivity contribution in [1.82, 2.24) is 25.1 Å². The zero-order valence-corrected chi connectivity index (χ0v) is 32.7. The Morgan fingerprint density at radius 2 is 1.62 bits per heavy atom. The van der Waals surface area contributed by atoms with E-state index < -0.39 is 6.10 Å². The van der Waals surface area contributed by atoms with Crippen molar-refractivity contribution in [1.29, 1.82) is 0 Å². The molecule has 56 heavy (non-hydrogen) atoms. The van der Waals surface area contributed by atoms with Crippen LogP contribution in [-0.4, -0.2) is 110 Å². The first-order chi connectivity index (χ1) is 27.3. The maximum Gasteiger partial charge on any atom is 0.267 e. The van der Waals surface area contributed by atoms with E-state index in [0.717, 1.165) is 93.6 Å². The smallest absolute Gasteiger partial charge is 0.267 e. The largest absolute Gasteiger partial charge is 0.494 e. The maximum absolute atomic E-state index is 12.0. The van der Waals surface area contributed by atoms with Crippen molar-refractivity contribution in [2.75, 3.05) is 87.4 Å². The number of hydrogen-bond acceptors (Lipinski definition) is 13. The molecule has 3 aliphatic rings. The molecule has 3 aromatic carbocycles. The summed E-state index contributed by atoms with van der Waals surface area (Å²) in [6.45, 7) is 7.92. The van der Waals surface area contributed by atoms with Gasteiger partial charge in [-0.15, -0.1) is 0 Å². The van der Waals surface area contributed by atoms with Crippen LogP contribution in [0.4, 0.5) is 34.5 Å². The van der Waals surface area contributed by atoms with Gasteiger partial charge in [0.25, 0.3) is 5.91 Å². The number of rotatable bonds is 15. The van der Waals surface area contributed by atoms with Gasteiger partial charge in [0, 0.05) is 83.5 Å². The number of piperidine rings is 2. The van der Waals surface area contributed by atoms with Gasteiger partial charge in [0.2, 0.25) is 11.9 Å². The van der Waals surface area contributed by atoms with Crippen molar-refractivity contribution >= 4 is 57.9 Å². The molecule has 2 amide bonds. The fourth-order valence-electron chi connectivity index (χ4n) is 7.44. The predicted molar refractivity (Wildman–Crippen MR) is 219 cm³/mol. The van der Waals surface area contributed by atoms with Crippen LogP contribution in [0.1, 0.15) is 32.1 Å². The van der Waals surface area contributed by atoms with Crippen molar-refractivity contribution in [2.45, 2.75) is 44.2 Å². The number of carbonyl (C=O) groups is 2. The van der Waals surface area contributed by atoms with Crippen LogP contribution in [0.2, 0.25) is 5.02 Å². The topological polar surface area (TPSA) is 145 Å². The summed E-state index contributed by atoms with van der Waals surface area (Å²) >= 11 is 6.45. The van der Waals surface area contributed by atoms with Gasteiger partial charge in [0.1, 0.15) is 22.3 Å². The molecule has 4 aromatic rings. The van der Waals surface area contributed by atoms with Gasteiger partial charge in [0.15, 0.2) is 11.9 Å². The van der Waals surface area contributed by atoms with Gasteiger partial charge >= 0.3 is 0 Å². The Hall–Kier alpha value is -5.31. The number of ether oxygens (including phenoxy) is 3. The Morgan fingerprint density at radius 1 is 0.875 bits per heavy atom. The van der Waals surface area contributed by atoms with E-state index in [9.17, 15) is 9.59 Å². The molecule has 3 saturated heterocycles. The van der Waals surface area contributed by atoms with Crippen molar-refractivity contribution in [3.8, 4) is 17.2 Å². The second-order valence-corrected chi connectivity index (χ2v) is 14.6. The molecule has 0 bridgehead atoms. The van der Waals surface area contributed by atoms with E-state index in [2.05, 4.69) is 58.1 Å². The first-order valence-corrected chi connectivity index (χ1v) is 19.7. The summed E-state index contributed by atoms with van der Waals surface area (Å²) in [5.41, 5.74) is 3.69. The Labute approximate surface area is 332 Å². The number of halogens is 1. The van der Waals surface area contributed by atoms with E-state index in [1.54, 1.807) is 25.4 Å². The normalized spacial score (nSPS) is 18.3. The molecule has 0 spiro atoms. The maximum atomic E-state index is 12.0. The fourth-order valence-corrected chi connectivity index (χ4v) is 7.58. The Kier molecular flexibility index (Phi) is 12.9. The van der Waals surface area contributed by atoms with Crippen molar-refractivity contribution in [3.63, 3.8) is 0 Å². The highest BCUT2D eigenvalue weighted by atomic mass is 35.5. The molecule has 0 saturated carbocycles. The van der Waals surface area contributed by atoms with Crippen molar-refractivity contribution in [3.05, 3.63) is 77.9 Å². The molecule has 0 aliphatic carbocycles. The number of aromatic nitrogens is 2. The van der Waals surface area contributed by atoms with E-state index in [1.165, 1.54) is 0 Å². The SMILES string of the molecule is CNc1ccccc1Nc1nc(Nc2ccc(N3CCC(N4CCN(CCCOc5ccc(OC6CCC(=O)NC6=O)cc5)CC4)CC3)cc2OC)ncc1Cl. The molecule has 4 heterocycles. The van der Waals surface area contributed by atoms with Crippen LogP contribution < -0.4 is 40.4 Å². The minimum atomic E-state index is -0.644. The second-order valence-electron chi connectivity index (χ2n) is 14.1. The van der Waals surface area contributed by atoms with Crippen LogP contribution in [0.25, 0.3) is 0 Å². The molecule has 15 heteroatoms. The Bertz CT molecular complexity index is 1950. The minimum Gasteiger partial charge on any atom is -0.494 e. The first kappa shape index (κ1) is 38.9. The minimum absolute atomic E-state index is 0.254. The number of benzene rings is 3. The molecular weight excluding hydrogens is 734 g/mol. The van der Waals surface area contributed by atoms with Gasteiger partial charge in [-0.1, -0.05) is 23.7 Å². The summed E-state index contributed by atoms with van der Waals surface area (Å²) in [5, 5.41) is 12.5. The molecule has 3 fully saturated rings. The number of methoxy groups -OCH3 is 1. The van der Waals surface area contributed by atoms with Gasteiger partial charge in [-0.2, -0.15) is 4.98 Å². The third-order valence-electron chi connectivity index (χ3n) is 10.6. The zero-order chi connectivity index (χ0) is 38.9. The first-order valence-electron chi connectivity index (χ1n) is 19.3. The lowest BCUT2D eigenvalue weighted by molar-refractivity contribution is -0.138. The fraction of sp³-hybridized carbons (Fsp3) is 0.415. The van der Waals surface area contributed by atoms with Gasteiger partial charge in [-0.25, -0.2) is 4.98 Å². The molecule has 3 aliphatic heterocycles. The van der Waals surface area contributed by atoms with E-state index in [1.807, 2.05) is 49.5 Å². The lowest BCUT2D eigenvalue weighted by Crippen LogP contribution is -2.53. The molecule has 296 valence electrons. The van der Waals surface area contributed by atoms with Crippen LogP contribution in [0.5, 0.6) is 17.2 Å². The Morgan fingerprint density at radius 3 is 2.36 bits per heavy atom. The molecule has 14 nitrogen and oxygen atoms in total. The number of anilines is 6. The number of nitrogens with zero attached hydrogens (tertiary/aromatic N) is 5. The number of amides is 2. The Balaban J connectivity index is 0.821. The average molecular weight is 784 g/mol. The molecule has 0 radical (unpaired) electrons. The molecule has 4 N–H and O–H groups in total. The summed E-state index contributed by atoms with van der Waals surface area (Å²) in [4.78, 5) is 40.0. The number of hydrogen-bond donors (Lipinski definition) is 4. The third kappa shape index (κ3) is 9.91. The number of nitrogens with one attached hydrogen (secondary N) is 4. The quantitative estimate of drug-likeness (QED) is 0.0839. The van der Waals surface area contributed by atoms with E-state index in [0.29, 0.717) is 47.4 Å². The predicted octanol–water partition coefficient (Wildman–Crippen LogP) is 5.91. The molecule has 1 atom stereocenters. The summed E-state index contributed by atoms with van der Waals surface area (Å²) in [6.07, 6.45) is 4.81. The van der Waals surface area contributed by atoms with Crippen LogP contribution in [0, 0.1) is 0 Å². The second kappa shape index (κ2) is 18.5. The molecule has 1 unspecified atom stereocenters. The highest BCUT2D eigenvalue weighted by molar-refractivity contribution is 6.33. The zero-order valence-electron chi connectivity index (χ0n) is 31.9. The van der Waals surface area contributed by atoms with Gasteiger partial charge < -0.3 is 40.0 Å². The summed E-state index contributed by atoms with van der Waals surface area (Å²) < 4.78 is 17.5. The number of piperazine rings is 1. The molecule has 1 aromatic heterocycles.